The molecular formula is C25H42O10. The molecule has 0 aliphatic carbocycles. The van der Waals surface area contributed by atoms with Crippen molar-refractivity contribution in [3.63, 3.8) is 0 Å². The van der Waals surface area contributed by atoms with Gasteiger partial charge in [0.25, 0.3) is 0 Å². The van der Waals surface area contributed by atoms with E-state index in [2.05, 4.69) is 0 Å². The molecule has 3 unspecified atom stereocenters. The Morgan fingerprint density at radius 3 is 1.94 bits per heavy atom. The third kappa shape index (κ3) is 9.87. The number of allylic oxidation sites excluding steroid dienone is 2. The molecule has 0 spiro atoms. The number of hydrogen-bond donors (Lipinski definition) is 5. The van der Waals surface area contributed by atoms with E-state index in [9.17, 15) is 34.8 Å². The molecule has 1 saturated heterocycles. The zero-order valence-electron chi connectivity index (χ0n) is 26.2. The van der Waals surface area contributed by atoms with Crippen molar-refractivity contribution in [3.05, 3.63) is 12.2 Å². The number of hydrogen-bond acceptors (Lipinski definition) is 8. The average molecular weight is 509 g/mol. The summed E-state index contributed by atoms with van der Waals surface area (Å²) < 4.78 is 55.9. The lowest BCUT2D eigenvalue weighted by Gasteiger charge is -2.39. The first kappa shape index (κ1) is 22.2. The van der Waals surface area contributed by atoms with Crippen LogP contribution >= 0.6 is 0 Å². The lowest BCUT2D eigenvalue weighted by atomic mass is 9.87. The molecule has 202 valence electrons. The largest absolute Gasteiger partial charge is 0.481 e. The fraction of sp³-hybridized carbons (Fsp3) is 0.800. The van der Waals surface area contributed by atoms with Gasteiger partial charge in [-0.25, -0.2) is 4.79 Å². The molecule has 0 radical (unpaired) electrons. The molecule has 35 heavy (non-hydrogen) atoms. The Kier molecular flexibility index (Phi) is 8.83. The van der Waals surface area contributed by atoms with Gasteiger partial charge in [-0.05, 0) is 66.1 Å². The molecule has 7 atom stereocenters. The normalized spacial score (nSPS) is 31.5. The summed E-state index contributed by atoms with van der Waals surface area (Å²) in [5.74, 6) is -4.29. The molecule has 1 aliphatic heterocycles. The minimum atomic E-state index is -2.82. The number of carboxylic acid groups (broad SMARTS) is 2. The smallest absolute Gasteiger partial charge is 0.335 e. The highest BCUT2D eigenvalue weighted by atomic mass is 16.7. The molecule has 0 saturated carbocycles. The number of rotatable bonds is 15. The van der Waals surface area contributed by atoms with Gasteiger partial charge < -0.3 is 35.0 Å². The zero-order valence-corrected chi connectivity index (χ0v) is 20.2. The SMILES string of the molecule is [2H]C([2H])([2H])C(C)(CCCCC/C=C/CCCCC(C)(C(=O)OC1O[C@@H](C(=O)O)[C@H](O)[C@@H](O)[C@@H]1O)C([2H])([2H])[2H])C(=O)O. The number of carbonyl (C=O) groups excluding carboxylic acids is 1. The molecule has 0 aromatic heterocycles. The highest BCUT2D eigenvalue weighted by Crippen LogP contribution is 2.29. The zero-order chi connectivity index (χ0) is 31.8. The molecule has 5 N–H and O–H groups in total. The number of carboxylic acids is 2. The summed E-state index contributed by atoms with van der Waals surface area (Å²) in [6, 6.07) is 0. The first-order valence-electron chi connectivity index (χ1n) is 14.7. The van der Waals surface area contributed by atoms with Crippen molar-refractivity contribution >= 4 is 17.9 Å². The maximum atomic E-state index is 12.9. The predicted molar refractivity (Wildman–Crippen MR) is 126 cm³/mol. The minimum Gasteiger partial charge on any atom is -0.481 e. The van der Waals surface area contributed by atoms with Gasteiger partial charge in [-0.1, -0.05) is 31.4 Å². The maximum Gasteiger partial charge on any atom is 0.335 e. The molecule has 0 aromatic carbocycles. The van der Waals surface area contributed by atoms with Gasteiger partial charge in [0.2, 0.25) is 6.29 Å². The van der Waals surface area contributed by atoms with Gasteiger partial charge in [-0.2, -0.15) is 0 Å². The summed E-state index contributed by atoms with van der Waals surface area (Å²) in [7, 11) is 0. The van der Waals surface area contributed by atoms with E-state index >= 15 is 0 Å². The number of carbonyl (C=O) groups is 3. The lowest BCUT2D eigenvalue weighted by molar-refractivity contribution is -0.288. The Hall–Kier alpha value is -2.01. The fourth-order valence-electron chi connectivity index (χ4n) is 3.49. The molecular weight excluding hydrogens is 460 g/mol. The van der Waals surface area contributed by atoms with Crippen molar-refractivity contribution in [3.8, 4) is 0 Å². The average Bonchev–Trinajstić information content (AvgIpc) is 2.85. The standard InChI is InChI=1S/C25H42O10/c1-24(2,22(31)32)14-12-10-8-6-5-7-9-11-13-15-25(3,4)23(33)35-21-18(28)16(26)17(27)19(34-21)20(29)30/h5,7,16-19,21,26-28H,6,8-15H2,1-4H3,(H,29,30)(H,31,32)/b7-5+/t16-,17-,18+,19-,21?/m1/s1/i1D3,3D3/t16-,17-,18+,19-,21?,24?,25?. The van der Waals surface area contributed by atoms with Gasteiger partial charge in [-0.15, -0.1) is 0 Å². The highest BCUT2D eigenvalue weighted by Gasteiger charge is 2.49. The third-order valence-corrected chi connectivity index (χ3v) is 5.97. The van der Waals surface area contributed by atoms with Crippen LogP contribution in [0.5, 0.6) is 0 Å². The van der Waals surface area contributed by atoms with Gasteiger partial charge in [0, 0.05) is 8.22 Å². The second-order valence-corrected chi connectivity index (χ2v) is 9.43. The van der Waals surface area contributed by atoms with Crippen LogP contribution in [0.4, 0.5) is 0 Å². The number of aliphatic hydroxyl groups is 3. The van der Waals surface area contributed by atoms with Crippen molar-refractivity contribution in [2.75, 3.05) is 0 Å². The number of unbranched alkanes of at least 4 members (excludes halogenated alkanes) is 5. The Labute approximate surface area is 215 Å². The Balaban J connectivity index is 2.55. The number of esters is 1. The van der Waals surface area contributed by atoms with Crippen LogP contribution in [0, 0.1) is 10.8 Å². The van der Waals surface area contributed by atoms with Crippen LogP contribution in [0.15, 0.2) is 12.2 Å². The van der Waals surface area contributed by atoms with Crippen LogP contribution in [-0.2, 0) is 23.9 Å². The van der Waals surface area contributed by atoms with E-state index in [0.29, 0.717) is 38.5 Å². The summed E-state index contributed by atoms with van der Waals surface area (Å²) in [5.41, 5.74) is -3.81. The van der Waals surface area contributed by atoms with E-state index in [0.717, 1.165) is 13.3 Å². The van der Waals surface area contributed by atoms with Gasteiger partial charge in [0.15, 0.2) is 6.10 Å². The molecule has 0 bridgehead atoms. The van der Waals surface area contributed by atoms with Gasteiger partial charge in [0.1, 0.15) is 18.3 Å². The van der Waals surface area contributed by atoms with Crippen molar-refractivity contribution in [2.45, 2.75) is 116 Å². The van der Waals surface area contributed by atoms with E-state index < -0.39 is 73.1 Å². The first-order valence-corrected chi connectivity index (χ1v) is 11.7. The van der Waals surface area contributed by atoms with Crippen LogP contribution in [-0.4, -0.2) is 74.1 Å². The molecule has 1 aliphatic rings. The van der Waals surface area contributed by atoms with Crippen LogP contribution in [0.2, 0.25) is 0 Å². The molecule has 10 nitrogen and oxygen atoms in total. The fourth-order valence-corrected chi connectivity index (χ4v) is 3.49. The summed E-state index contributed by atoms with van der Waals surface area (Å²) >= 11 is 0. The van der Waals surface area contributed by atoms with Crippen LogP contribution < -0.4 is 0 Å². The van der Waals surface area contributed by atoms with E-state index in [4.69, 9.17) is 22.8 Å². The van der Waals surface area contributed by atoms with E-state index in [1.807, 2.05) is 12.2 Å². The third-order valence-electron chi connectivity index (χ3n) is 5.97. The predicted octanol–water partition coefficient (Wildman–Crippen LogP) is 2.63. The monoisotopic (exact) mass is 508 g/mol. The quantitative estimate of drug-likeness (QED) is 0.126. The van der Waals surface area contributed by atoms with Crippen LogP contribution in [0.3, 0.4) is 0 Å². The summed E-state index contributed by atoms with van der Waals surface area (Å²) in [4.78, 5) is 35.5. The summed E-state index contributed by atoms with van der Waals surface area (Å²) in [5, 5.41) is 48.2. The highest BCUT2D eigenvalue weighted by molar-refractivity contribution is 5.76. The molecule has 1 fully saturated rings. The van der Waals surface area contributed by atoms with Crippen molar-refractivity contribution in [2.24, 2.45) is 10.8 Å². The summed E-state index contributed by atoms with van der Waals surface area (Å²) in [6.07, 6.45) is -2.32. The first-order chi connectivity index (χ1) is 18.7. The number of aliphatic carboxylic acids is 2. The van der Waals surface area contributed by atoms with Crippen molar-refractivity contribution in [1.82, 2.24) is 0 Å². The second-order valence-electron chi connectivity index (χ2n) is 9.43. The molecule has 10 heteroatoms. The van der Waals surface area contributed by atoms with Crippen LogP contribution in [0.1, 0.15) is 93.6 Å². The molecule has 0 aromatic rings. The van der Waals surface area contributed by atoms with Gasteiger partial charge in [0.05, 0.1) is 10.8 Å². The molecule has 1 rings (SSSR count). The number of ether oxygens (including phenoxy) is 2. The summed E-state index contributed by atoms with van der Waals surface area (Å²) in [6.45, 7) is -3.02. The minimum absolute atomic E-state index is 0.0434. The Bertz CT molecular complexity index is 924. The maximum absolute atomic E-state index is 12.9. The topological polar surface area (TPSA) is 171 Å². The van der Waals surface area contributed by atoms with Gasteiger partial charge in [-0.3, -0.25) is 9.59 Å². The van der Waals surface area contributed by atoms with E-state index in [-0.39, 0.29) is 12.8 Å². The Morgan fingerprint density at radius 1 is 0.857 bits per heavy atom. The Morgan fingerprint density at radius 2 is 1.40 bits per heavy atom. The van der Waals surface area contributed by atoms with E-state index in [1.165, 1.54) is 6.92 Å². The van der Waals surface area contributed by atoms with Crippen molar-refractivity contribution < 1.29 is 57.6 Å². The van der Waals surface area contributed by atoms with Crippen molar-refractivity contribution in [1.29, 1.82) is 0 Å². The molecule has 0 amide bonds. The van der Waals surface area contributed by atoms with Crippen LogP contribution in [0.25, 0.3) is 0 Å². The van der Waals surface area contributed by atoms with E-state index in [1.54, 1.807) is 0 Å². The number of aliphatic hydroxyl groups excluding tert-OH is 3. The molecule has 1 heterocycles. The second kappa shape index (κ2) is 13.9. The lowest BCUT2D eigenvalue weighted by Crippen LogP contribution is -2.61. The van der Waals surface area contributed by atoms with Gasteiger partial charge >= 0.3 is 17.9 Å².